The van der Waals surface area contributed by atoms with E-state index in [4.69, 9.17) is 0 Å². The maximum Gasteiger partial charge on any atom is 0.272 e. The van der Waals surface area contributed by atoms with Crippen molar-refractivity contribution in [2.24, 2.45) is 0 Å². The zero-order valence-corrected chi connectivity index (χ0v) is 11.9. The van der Waals surface area contributed by atoms with Gasteiger partial charge in [-0.05, 0) is 29.8 Å². The molecule has 0 amide bonds. The Labute approximate surface area is 112 Å². The molecule has 0 aromatic heterocycles. The van der Waals surface area contributed by atoms with Gasteiger partial charge >= 0.3 is 0 Å². The second-order valence-corrected chi connectivity index (χ2v) is 6.31. The number of nitro benzene ring substituents is 1. The fourth-order valence-electron chi connectivity index (χ4n) is 1.22. The Morgan fingerprint density at radius 3 is 2.44 bits per heavy atom. The van der Waals surface area contributed by atoms with Gasteiger partial charge in [0.05, 0.1) is 9.40 Å². The van der Waals surface area contributed by atoms with E-state index in [1.165, 1.54) is 0 Å². The Morgan fingerprint density at radius 1 is 1.44 bits per heavy atom. The van der Waals surface area contributed by atoms with E-state index in [-0.39, 0.29) is 4.47 Å². The summed E-state index contributed by atoms with van der Waals surface area (Å²) < 4.78 is 39.2. The predicted molar refractivity (Wildman–Crippen MR) is 66.2 cm³/mol. The molecule has 9 heteroatoms. The molecule has 6 nitrogen and oxygen atoms in total. The van der Waals surface area contributed by atoms with Crippen molar-refractivity contribution in [1.29, 1.82) is 0 Å². The topological polar surface area (TPSA) is 89.3 Å². The molecule has 1 aromatic rings. The molecule has 0 heterocycles. The third-order valence-corrected chi connectivity index (χ3v) is 4.11. The first-order valence-corrected chi connectivity index (χ1v) is 7.08. The van der Waals surface area contributed by atoms with Gasteiger partial charge in [0.15, 0.2) is 5.82 Å². The average molecular weight is 341 g/mol. The van der Waals surface area contributed by atoms with Gasteiger partial charge < -0.3 is 0 Å². The summed E-state index contributed by atoms with van der Waals surface area (Å²) in [6.07, 6.45) is 0. The van der Waals surface area contributed by atoms with Crippen LogP contribution in [0.4, 0.5) is 10.1 Å². The van der Waals surface area contributed by atoms with Crippen molar-refractivity contribution in [3.63, 3.8) is 0 Å². The van der Waals surface area contributed by atoms with Gasteiger partial charge in [-0.25, -0.2) is 17.5 Å². The fraction of sp³-hybridized carbons (Fsp3) is 0.333. The summed E-state index contributed by atoms with van der Waals surface area (Å²) in [6.45, 7) is 3.11. The number of halogens is 2. The van der Waals surface area contributed by atoms with E-state index in [0.717, 1.165) is 6.07 Å². The van der Waals surface area contributed by atoms with Crippen LogP contribution >= 0.6 is 15.9 Å². The highest BCUT2D eigenvalue weighted by molar-refractivity contribution is 9.10. The molecule has 0 atom stereocenters. The fourth-order valence-corrected chi connectivity index (χ4v) is 3.17. The van der Waals surface area contributed by atoms with Crippen LogP contribution in [0.2, 0.25) is 0 Å². The first-order chi connectivity index (χ1) is 8.15. The molecule has 0 aliphatic heterocycles. The summed E-state index contributed by atoms with van der Waals surface area (Å²) in [5.41, 5.74) is -0.507. The quantitative estimate of drug-likeness (QED) is 0.671. The van der Waals surface area contributed by atoms with Crippen molar-refractivity contribution in [2.75, 3.05) is 0 Å². The number of hydrogen-bond donors (Lipinski definition) is 1. The molecule has 0 saturated heterocycles. The molecular formula is C9H10BrFN2O4S. The van der Waals surface area contributed by atoms with E-state index in [1.807, 2.05) is 0 Å². The third kappa shape index (κ3) is 3.24. The molecular weight excluding hydrogens is 331 g/mol. The van der Waals surface area contributed by atoms with Crippen LogP contribution in [0.25, 0.3) is 0 Å². The predicted octanol–water partition coefficient (Wildman–Crippen LogP) is 2.18. The number of nitro groups is 1. The zero-order valence-electron chi connectivity index (χ0n) is 9.48. The lowest BCUT2D eigenvalue weighted by Crippen LogP contribution is -2.31. The minimum Gasteiger partial charge on any atom is -0.258 e. The molecule has 0 spiro atoms. The molecule has 18 heavy (non-hydrogen) atoms. The van der Waals surface area contributed by atoms with E-state index in [0.29, 0.717) is 6.07 Å². The van der Waals surface area contributed by atoms with Gasteiger partial charge in [-0.15, -0.1) is 0 Å². The monoisotopic (exact) mass is 340 g/mol. The van der Waals surface area contributed by atoms with Crippen molar-refractivity contribution in [3.8, 4) is 0 Å². The third-order valence-electron chi connectivity index (χ3n) is 1.87. The van der Waals surface area contributed by atoms with Gasteiger partial charge in [0.2, 0.25) is 10.0 Å². The number of nitrogens with one attached hydrogen (secondary N) is 1. The van der Waals surface area contributed by atoms with Crippen LogP contribution in [-0.4, -0.2) is 19.4 Å². The van der Waals surface area contributed by atoms with Crippen LogP contribution < -0.4 is 4.72 Å². The molecule has 1 N–H and O–H groups in total. The van der Waals surface area contributed by atoms with Gasteiger partial charge in [0, 0.05) is 18.2 Å². The molecule has 0 aliphatic rings. The van der Waals surface area contributed by atoms with E-state index in [2.05, 4.69) is 20.7 Å². The molecule has 0 aliphatic carbocycles. The lowest BCUT2D eigenvalue weighted by atomic mass is 10.3. The van der Waals surface area contributed by atoms with Gasteiger partial charge in [0.25, 0.3) is 5.69 Å². The van der Waals surface area contributed by atoms with Crippen molar-refractivity contribution in [3.05, 3.63) is 32.5 Å². The van der Waals surface area contributed by atoms with E-state index in [1.54, 1.807) is 13.8 Å². The molecule has 0 bridgehead atoms. The Balaban J connectivity index is 3.45. The summed E-state index contributed by atoms with van der Waals surface area (Å²) >= 11 is 2.75. The highest BCUT2D eigenvalue weighted by Gasteiger charge is 2.25. The first-order valence-electron chi connectivity index (χ1n) is 4.81. The van der Waals surface area contributed by atoms with Crippen molar-refractivity contribution in [2.45, 2.75) is 24.8 Å². The SMILES string of the molecule is CC(C)NS(=O)(=O)c1cc([N+](=O)[O-])cc(Br)c1F. The number of sulfonamides is 1. The smallest absolute Gasteiger partial charge is 0.258 e. The number of hydrogen-bond acceptors (Lipinski definition) is 4. The number of benzene rings is 1. The maximum absolute atomic E-state index is 13.7. The van der Waals surface area contributed by atoms with Crippen LogP contribution in [0.1, 0.15) is 13.8 Å². The Bertz CT molecular complexity index is 588. The molecule has 0 saturated carbocycles. The second kappa shape index (κ2) is 5.29. The second-order valence-electron chi connectivity index (χ2n) is 3.77. The number of non-ortho nitro benzene ring substituents is 1. The normalized spacial score (nSPS) is 11.8. The Hall–Kier alpha value is -1.06. The summed E-state index contributed by atoms with van der Waals surface area (Å²) in [5, 5.41) is 10.6. The highest BCUT2D eigenvalue weighted by atomic mass is 79.9. The Kier molecular flexibility index (Phi) is 4.41. The van der Waals surface area contributed by atoms with Crippen molar-refractivity contribution in [1.82, 2.24) is 4.72 Å². The lowest BCUT2D eigenvalue weighted by Gasteiger charge is -2.10. The van der Waals surface area contributed by atoms with Crippen molar-refractivity contribution >= 4 is 31.6 Å². The van der Waals surface area contributed by atoms with Gasteiger partial charge in [-0.2, -0.15) is 0 Å². The van der Waals surface area contributed by atoms with Crippen molar-refractivity contribution < 1.29 is 17.7 Å². The maximum atomic E-state index is 13.7. The van der Waals surface area contributed by atoms with Crippen LogP contribution in [0.15, 0.2) is 21.5 Å². The van der Waals surface area contributed by atoms with Crippen LogP contribution in [0, 0.1) is 15.9 Å². The minimum atomic E-state index is -4.13. The standard InChI is InChI=1S/C9H10BrFN2O4S/c1-5(2)12-18(16,17)8-4-6(13(14)15)3-7(10)9(8)11/h3-5,12H,1-2H3. The minimum absolute atomic E-state index is 0.277. The van der Waals surface area contributed by atoms with E-state index < -0.39 is 37.4 Å². The highest BCUT2D eigenvalue weighted by Crippen LogP contribution is 2.28. The van der Waals surface area contributed by atoms with Gasteiger partial charge in [-0.1, -0.05) is 0 Å². The lowest BCUT2D eigenvalue weighted by molar-refractivity contribution is -0.385. The summed E-state index contributed by atoms with van der Waals surface area (Å²) in [5.74, 6) is -1.06. The summed E-state index contributed by atoms with van der Waals surface area (Å²) in [6, 6.07) is 1.14. The van der Waals surface area contributed by atoms with Crippen LogP contribution in [0.3, 0.4) is 0 Å². The largest absolute Gasteiger partial charge is 0.272 e. The molecule has 0 fully saturated rings. The number of nitrogens with zero attached hydrogens (tertiary/aromatic N) is 1. The van der Waals surface area contributed by atoms with Gasteiger partial charge in [-0.3, -0.25) is 10.1 Å². The first kappa shape index (κ1) is 15.0. The van der Waals surface area contributed by atoms with Gasteiger partial charge in [0.1, 0.15) is 4.90 Å². The van der Waals surface area contributed by atoms with Crippen LogP contribution in [-0.2, 0) is 10.0 Å². The molecule has 1 aromatic carbocycles. The summed E-state index contributed by atoms with van der Waals surface area (Å²) in [4.78, 5) is 9.07. The molecule has 0 radical (unpaired) electrons. The summed E-state index contributed by atoms with van der Waals surface area (Å²) in [7, 11) is -4.13. The molecule has 1 rings (SSSR count). The zero-order chi connectivity index (χ0) is 14.1. The number of rotatable bonds is 4. The average Bonchev–Trinajstić information content (AvgIpc) is 2.19. The van der Waals surface area contributed by atoms with Crippen LogP contribution in [0.5, 0.6) is 0 Å². The molecule has 0 unspecified atom stereocenters. The molecule has 100 valence electrons. The van der Waals surface area contributed by atoms with E-state index >= 15 is 0 Å². The van der Waals surface area contributed by atoms with E-state index in [9.17, 15) is 22.9 Å². The Morgan fingerprint density at radius 2 is 2.00 bits per heavy atom.